The fourth-order valence-electron chi connectivity index (χ4n) is 1.89. The van der Waals surface area contributed by atoms with Crippen molar-refractivity contribution >= 4 is 0 Å². The smallest absolute Gasteiger partial charge is 0.145 e. The highest BCUT2D eigenvalue weighted by Gasteiger charge is 2.14. The van der Waals surface area contributed by atoms with Crippen LogP contribution in [-0.2, 0) is 6.42 Å². The van der Waals surface area contributed by atoms with Gasteiger partial charge in [-0.25, -0.2) is 9.97 Å². The Balaban J connectivity index is 3.31. The molecule has 84 valence electrons. The molecule has 0 spiro atoms. The maximum atomic E-state index is 5.81. The molecule has 0 bridgehead atoms. The Morgan fingerprint density at radius 3 is 2.20 bits per heavy atom. The first-order valence-electron chi connectivity index (χ1n) is 5.60. The molecule has 15 heavy (non-hydrogen) atoms. The Bertz CT molecular complexity index is 343. The van der Waals surface area contributed by atoms with Crippen LogP contribution in [0.5, 0.6) is 0 Å². The number of nitrogens with two attached hydrogens (primary N) is 1. The van der Waals surface area contributed by atoms with Crippen molar-refractivity contribution in [1.82, 2.24) is 9.97 Å². The molecule has 0 aliphatic rings. The molecule has 0 saturated carbocycles. The third-order valence-corrected chi connectivity index (χ3v) is 2.55. The lowest BCUT2D eigenvalue weighted by molar-refractivity contribution is 0.697. The summed E-state index contributed by atoms with van der Waals surface area (Å²) in [7, 11) is 0. The van der Waals surface area contributed by atoms with Gasteiger partial charge in [0, 0.05) is 11.4 Å². The van der Waals surface area contributed by atoms with Crippen molar-refractivity contribution in [2.75, 3.05) is 0 Å². The molecule has 1 heterocycles. The first kappa shape index (κ1) is 12.1. The SMILES string of the molecule is CCc1nc([C@@H](C)N)nc(C)c1C(C)C. The van der Waals surface area contributed by atoms with E-state index >= 15 is 0 Å². The average Bonchev–Trinajstić information content (AvgIpc) is 2.15. The number of nitrogens with zero attached hydrogens (tertiary/aromatic N) is 2. The largest absolute Gasteiger partial charge is 0.322 e. The molecular weight excluding hydrogens is 186 g/mol. The van der Waals surface area contributed by atoms with Gasteiger partial charge in [0.25, 0.3) is 0 Å². The van der Waals surface area contributed by atoms with Crippen LogP contribution in [0.1, 0.15) is 62.4 Å². The van der Waals surface area contributed by atoms with Crippen LogP contribution >= 0.6 is 0 Å². The molecule has 1 rings (SSSR count). The van der Waals surface area contributed by atoms with Crippen molar-refractivity contribution in [3.05, 3.63) is 22.8 Å². The Hall–Kier alpha value is -0.960. The van der Waals surface area contributed by atoms with E-state index in [9.17, 15) is 0 Å². The maximum Gasteiger partial charge on any atom is 0.145 e. The van der Waals surface area contributed by atoms with Crippen molar-refractivity contribution in [2.24, 2.45) is 5.73 Å². The van der Waals surface area contributed by atoms with Crippen LogP contribution in [0.25, 0.3) is 0 Å². The summed E-state index contributed by atoms with van der Waals surface area (Å²) < 4.78 is 0. The number of aromatic nitrogens is 2. The van der Waals surface area contributed by atoms with Gasteiger partial charge >= 0.3 is 0 Å². The summed E-state index contributed by atoms with van der Waals surface area (Å²) in [5.74, 6) is 1.23. The Kier molecular flexibility index (Phi) is 3.80. The molecule has 1 atom stereocenters. The maximum absolute atomic E-state index is 5.81. The highest BCUT2D eigenvalue weighted by molar-refractivity contribution is 5.28. The molecule has 0 fully saturated rings. The van der Waals surface area contributed by atoms with Crippen LogP contribution in [0, 0.1) is 6.92 Å². The molecule has 3 heteroatoms. The zero-order chi connectivity index (χ0) is 11.6. The van der Waals surface area contributed by atoms with Crippen LogP contribution in [0.4, 0.5) is 0 Å². The molecule has 0 saturated heterocycles. The fourth-order valence-corrected chi connectivity index (χ4v) is 1.89. The zero-order valence-corrected chi connectivity index (χ0v) is 10.3. The van der Waals surface area contributed by atoms with E-state index < -0.39 is 0 Å². The molecule has 1 aromatic rings. The van der Waals surface area contributed by atoms with Crippen LogP contribution in [0.15, 0.2) is 0 Å². The molecule has 2 N–H and O–H groups in total. The summed E-state index contributed by atoms with van der Waals surface area (Å²) in [4.78, 5) is 9.00. The van der Waals surface area contributed by atoms with Crippen molar-refractivity contribution in [3.63, 3.8) is 0 Å². The lowest BCUT2D eigenvalue weighted by Crippen LogP contribution is -2.15. The van der Waals surface area contributed by atoms with Gasteiger partial charge in [-0.2, -0.15) is 0 Å². The standard InChI is InChI=1S/C12H21N3/c1-6-10-11(7(2)3)9(5)14-12(15-10)8(4)13/h7-8H,6,13H2,1-5H3/t8-/m1/s1. The van der Waals surface area contributed by atoms with Crippen LogP contribution in [0.3, 0.4) is 0 Å². The van der Waals surface area contributed by atoms with Crippen molar-refractivity contribution in [1.29, 1.82) is 0 Å². The van der Waals surface area contributed by atoms with Crippen molar-refractivity contribution < 1.29 is 0 Å². The minimum absolute atomic E-state index is 0.0878. The first-order chi connectivity index (χ1) is 6.97. The fraction of sp³-hybridized carbons (Fsp3) is 0.667. The normalized spacial score (nSPS) is 13.3. The first-order valence-corrected chi connectivity index (χ1v) is 5.60. The lowest BCUT2D eigenvalue weighted by atomic mass is 9.98. The molecule has 0 unspecified atom stereocenters. The van der Waals surface area contributed by atoms with Gasteiger partial charge in [0.05, 0.1) is 6.04 Å². The minimum Gasteiger partial charge on any atom is -0.322 e. The van der Waals surface area contributed by atoms with E-state index in [1.807, 2.05) is 13.8 Å². The molecule has 0 amide bonds. The highest BCUT2D eigenvalue weighted by Crippen LogP contribution is 2.22. The van der Waals surface area contributed by atoms with Crippen LogP contribution in [0.2, 0.25) is 0 Å². The zero-order valence-electron chi connectivity index (χ0n) is 10.3. The molecule has 1 aromatic heterocycles. The van der Waals surface area contributed by atoms with Gasteiger partial charge in [-0.1, -0.05) is 20.8 Å². The molecule has 0 aliphatic heterocycles. The second kappa shape index (κ2) is 4.71. The van der Waals surface area contributed by atoms with Gasteiger partial charge in [0.2, 0.25) is 0 Å². The second-order valence-electron chi connectivity index (χ2n) is 4.32. The second-order valence-corrected chi connectivity index (χ2v) is 4.32. The Labute approximate surface area is 92.1 Å². The van der Waals surface area contributed by atoms with Crippen LogP contribution in [-0.4, -0.2) is 9.97 Å². The van der Waals surface area contributed by atoms with Crippen molar-refractivity contribution in [3.8, 4) is 0 Å². The third kappa shape index (κ3) is 2.53. The lowest BCUT2D eigenvalue weighted by Gasteiger charge is -2.16. The Morgan fingerprint density at radius 2 is 1.80 bits per heavy atom. The summed E-state index contributed by atoms with van der Waals surface area (Å²) >= 11 is 0. The number of rotatable bonds is 3. The summed E-state index contributed by atoms with van der Waals surface area (Å²) in [6.45, 7) is 10.4. The predicted octanol–water partition coefficient (Wildman–Crippen LogP) is 2.49. The summed E-state index contributed by atoms with van der Waals surface area (Å²) in [6, 6.07) is -0.0878. The van der Waals surface area contributed by atoms with Gasteiger partial charge < -0.3 is 5.73 Å². The van der Waals surface area contributed by atoms with E-state index in [1.165, 1.54) is 5.56 Å². The predicted molar refractivity (Wildman–Crippen MR) is 62.8 cm³/mol. The van der Waals surface area contributed by atoms with E-state index in [1.54, 1.807) is 0 Å². The van der Waals surface area contributed by atoms with E-state index in [-0.39, 0.29) is 6.04 Å². The van der Waals surface area contributed by atoms with E-state index in [4.69, 9.17) is 5.73 Å². The number of aryl methyl sites for hydroxylation is 2. The minimum atomic E-state index is -0.0878. The summed E-state index contributed by atoms with van der Waals surface area (Å²) in [5, 5.41) is 0. The van der Waals surface area contributed by atoms with Gasteiger partial charge in [0.1, 0.15) is 5.82 Å². The van der Waals surface area contributed by atoms with Gasteiger partial charge in [-0.05, 0) is 31.7 Å². The molecule has 3 nitrogen and oxygen atoms in total. The number of hydrogen-bond donors (Lipinski definition) is 1. The van der Waals surface area contributed by atoms with Gasteiger partial charge in [0.15, 0.2) is 0 Å². The number of hydrogen-bond acceptors (Lipinski definition) is 3. The highest BCUT2D eigenvalue weighted by atomic mass is 14.9. The quantitative estimate of drug-likeness (QED) is 0.828. The van der Waals surface area contributed by atoms with E-state index in [0.717, 1.165) is 23.6 Å². The van der Waals surface area contributed by atoms with Gasteiger partial charge in [-0.15, -0.1) is 0 Å². The summed E-state index contributed by atoms with van der Waals surface area (Å²) in [5.41, 5.74) is 9.30. The molecular formula is C12H21N3. The van der Waals surface area contributed by atoms with Crippen molar-refractivity contribution in [2.45, 2.75) is 53.0 Å². The van der Waals surface area contributed by atoms with E-state index in [0.29, 0.717) is 5.92 Å². The summed E-state index contributed by atoms with van der Waals surface area (Å²) in [6.07, 6.45) is 0.941. The monoisotopic (exact) mass is 207 g/mol. The van der Waals surface area contributed by atoms with E-state index in [2.05, 4.69) is 30.7 Å². The van der Waals surface area contributed by atoms with Gasteiger partial charge in [-0.3, -0.25) is 0 Å². The Morgan fingerprint density at radius 1 is 1.20 bits per heavy atom. The molecule has 0 aromatic carbocycles. The van der Waals surface area contributed by atoms with Crippen LogP contribution < -0.4 is 5.73 Å². The average molecular weight is 207 g/mol. The molecule has 0 aliphatic carbocycles. The molecule has 0 radical (unpaired) electrons. The topological polar surface area (TPSA) is 51.8 Å². The third-order valence-electron chi connectivity index (χ3n) is 2.55.